The number of benzene rings is 1. The largest absolute Gasteiger partial charge is 0.495 e. The Balaban J connectivity index is 1.64. The van der Waals surface area contributed by atoms with E-state index in [0.717, 1.165) is 6.42 Å². The van der Waals surface area contributed by atoms with E-state index in [0.29, 0.717) is 17.8 Å². The summed E-state index contributed by atoms with van der Waals surface area (Å²) in [5.74, 6) is -0.0458. The standard InChI is InChI=1S/C21H31BFNO5/c1-19(2,3)27-18(25)24-9-8-16(24)13-26-17-11-14(10-15(23)12-17)22-28-20(4,5)21(6,7)29-22/h10-12,16H,8-9,13H2,1-7H3/t16-/m0/s1. The number of ether oxygens (including phenoxy) is 2. The van der Waals surface area contributed by atoms with Gasteiger partial charge in [-0.2, -0.15) is 0 Å². The minimum atomic E-state index is -0.667. The van der Waals surface area contributed by atoms with Crippen molar-refractivity contribution in [1.29, 1.82) is 0 Å². The molecule has 0 aliphatic carbocycles. The van der Waals surface area contributed by atoms with Gasteiger partial charge in [-0.05, 0) is 72.5 Å². The Hall–Kier alpha value is -1.80. The number of nitrogens with zero attached hydrogens (tertiary/aromatic N) is 1. The monoisotopic (exact) mass is 407 g/mol. The van der Waals surface area contributed by atoms with Crippen molar-refractivity contribution in [2.24, 2.45) is 0 Å². The van der Waals surface area contributed by atoms with Crippen LogP contribution in [0.1, 0.15) is 54.9 Å². The maximum absolute atomic E-state index is 14.2. The Bertz CT molecular complexity index is 761. The van der Waals surface area contributed by atoms with Crippen LogP contribution < -0.4 is 10.2 Å². The van der Waals surface area contributed by atoms with Gasteiger partial charge in [0, 0.05) is 12.6 Å². The second-order valence-electron chi connectivity index (χ2n) is 9.74. The number of halogens is 1. The van der Waals surface area contributed by atoms with Crippen LogP contribution in [0, 0.1) is 5.82 Å². The summed E-state index contributed by atoms with van der Waals surface area (Å²) < 4.78 is 37.4. The van der Waals surface area contributed by atoms with Gasteiger partial charge >= 0.3 is 13.2 Å². The normalized spacial score (nSPS) is 23.0. The van der Waals surface area contributed by atoms with E-state index < -0.39 is 29.7 Å². The lowest BCUT2D eigenvalue weighted by Gasteiger charge is -2.41. The summed E-state index contributed by atoms with van der Waals surface area (Å²) in [6.07, 6.45) is 0.466. The number of rotatable bonds is 4. The van der Waals surface area contributed by atoms with Crippen LogP contribution in [0.5, 0.6) is 5.75 Å². The van der Waals surface area contributed by atoms with Crippen molar-refractivity contribution in [3.8, 4) is 5.75 Å². The van der Waals surface area contributed by atoms with Crippen molar-refractivity contribution in [1.82, 2.24) is 4.90 Å². The third-order valence-electron chi connectivity index (χ3n) is 5.63. The molecule has 1 amide bonds. The third kappa shape index (κ3) is 4.86. The molecule has 2 fully saturated rings. The van der Waals surface area contributed by atoms with Crippen LogP contribution in [0.4, 0.5) is 9.18 Å². The first-order valence-corrected chi connectivity index (χ1v) is 10.1. The van der Waals surface area contributed by atoms with E-state index in [9.17, 15) is 9.18 Å². The predicted octanol–water partition coefficient (Wildman–Crippen LogP) is 3.51. The molecular weight excluding hydrogens is 376 g/mol. The maximum Gasteiger partial charge on any atom is 0.495 e. The number of carbonyl (C=O) groups is 1. The molecule has 0 spiro atoms. The number of likely N-dealkylation sites (tertiary alicyclic amines) is 1. The molecule has 1 aromatic carbocycles. The highest BCUT2D eigenvalue weighted by Gasteiger charge is 2.51. The Morgan fingerprint density at radius 3 is 2.34 bits per heavy atom. The molecule has 29 heavy (non-hydrogen) atoms. The Labute approximate surface area is 172 Å². The molecule has 2 aliphatic rings. The molecule has 0 N–H and O–H groups in total. The van der Waals surface area contributed by atoms with E-state index in [1.807, 2.05) is 48.5 Å². The fraction of sp³-hybridized carbons (Fsp3) is 0.667. The average molecular weight is 407 g/mol. The summed E-state index contributed by atoms with van der Waals surface area (Å²) in [5, 5.41) is 0. The quantitative estimate of drug-likeness (QED) is 0.715. The Kier molecular flexibility index (Phi) is 5.64. The van der Waals surface area contributed by atoms with E-state index in [1.165, 1.54) is 12.1 Å². The molecule has 1 atom stereocenters. The van der Waals surface area contributed by atoms with Crippen LogP contribution in [-0.4, -0.2) is 54.1 Å². The average Bonchev–Trinajstić information content (AvgIpc) is 2.72. The van der Waals surface area contributed by atoms with E-state index in [4.69, 9.17) is 18.8 Å². The lowest BCUT2D eigenvalue weighted by molar-refractivity contribution is -0.0141. The Morgan fingerprint density at radius 2 is 1.83 bits per heavy atom. The molecule has 2 aliphatic heterocycles. The summed E-state index contributed by atoms with van der Waals surface area (Å²) in [6, 6.07) is 4.35. The maximum atomic E-state index is 14.2. The van der Waals surface area contributed by atoms with Gasteiger partial charge in [0.05, 0.1) is 17.2 Å². The minimum absolute atomic E-state index is 0.0894. The van der Waals surface area contributed by atoms with Gasteiger partial charge in [-0.1, -0.05) is 0 Å². The van der Waals surface area contributed by atoms with Crippen LogP contribution in [0.2, 0.25) is 0 Å². The summed E-state index contributed by atoms with van der Waals surface area (Å²) in [5.41, 5.74) is -0.995. The van der Waals surface area contributed by atoms with Crippen molar-refractivity contribution in [2.45, 2.75) is 77.7 Å². The van der Waals surface area contributed by atoms with Crippen molar-refractivity contribution < 1.29 is 28.0 Å². The van der Waals surface area contributed by atoms with Crippen molar-refractivity contribution in [2.75, 3.05) is 13.2 Å². The summed E-state index contributed by atoms with van der Waals surface area (Å²) >= 11 is 0. The van der Waals surface area contributed by atoms with Crippen LogP contribution in [0.3, 0.4) is 0 Å². The van der Waals surface area contributed by atoms with Gasteiger partial charge in [-0.25, -0.2) is 9.18 Å². The van der Waals surface area contributed by atoms with Crippen LogP contribution in [-0.2, 0) is 14.0 Å². The first-order valence-electron chi connectivity index (χ1n) is 10.1. The number of carbonyl (C=O) groups excluding carboxylic acids is 1. The van der Waals surface area contributed by atoms with Crippen LogP contribution >= 0.6 is 0 Å². The third-order valence-corrected chi connectivity index (χ3v) is 5.63. The van der Waals surface area contributed by atoms with Gasteiger partial charge in [0.2, 0.25) is 0 Å². The topological polar surface area (TPSA) is 57.2 Å². The van der Waals surface area contributed by atoms with Crippen LogP contribution in [0.25, 0.3) is 0 Å². The van der Waals surface area contributed by atoms with Gasteiger partial charge in [0.1, 0.15) is 23.8 Å². The molecule has 160 valence electrons. The van der Waals surface area contributed by atoms with Gasteiger partial charge in [0.15, 0.2) is 0 Å². The predicted molar refractivity (Wildman–Crippen MR) is 109 cm³/mol. The number of amides is 1. The zero-order valence-electron chi connectivity index (χ0n) is 18.4. The highest BCUT2D eigenvalue weighted by Crippen LogP contribution is 2.36. The summed E-state index contributed by atoms with van der Waals surface area (Å²) in [6.45, 7) is 14.2. The molecule has 6 nitrogen and oxygen atoms in total. The number of hydrogen-bond donors (Lipinski definition) is 0. The minimum Gasteiger partial charge on any atom is -0.491 e. The highest BCUT2D eigenvalue weighted by atomic mass is 19.1. The molecular formula is C21H31BFNO5. The SMILES string of the molecule is CC(C)(C)OC(=O)N1CC[C@H]1COc1cc(F)cc(B2OC(C)(C)C(C)(C)O2)c1. The van der Waals surface area contributed by atoms with E-state index >= 15 is 0 Å². The molecule has 2 heterocycles. The molecule has 3 rings (SSSR count). The van der Waals surface area contributed by atoms with Crippen molar-refractivity contribution >= 4 is 18.7 Å². The van der Waals surface area contributed by atoms with Gasteiger partial charge < -0.3 is 23.7 Å². The second-order valence-corrected chi connectivity index (χ2v) is 9.74. The lowest BCUT2D eigenvalue weighted by atomic mass is 9.79. The van der Waals surface area contributed by atoms with Crippen molar-refractivity contribution in [3.63, 3.8) is 0 Å². The van der Waals surface area contributed by atoms with Crippen molar-refractivity contribution in [3.05, 3.63) is 24.0 Å². The van der Waals surface area contributed by atoms with Gasteiger partial charge in [-0.3, -0.25) is 0 Å². The fourth-order valence-electron chi connectivity index (χ4n) is 3.15. The molecule has 2 saturated heterocycles. The molecule has 0 unspecified atom stereocenters. The van der Waals surface area contributed by atoms with Gasteiger partial charge in [-0.15, -0.1) is 0 Å². The number of hydrogen-bond acceptors (Lipinski definition) is 5. The molecule has 8 heteroatoms. The molecule has 0 bridgehead atoms. The first-order chi connectivity index (χ1) is 13.3. The first kappa shape index (κ1) is 21.9. The smallest absolute Gasteiger partial charge is 0.491 e. The molecule has 0 radical (unpaired) electrons. The van der Waals surface area contributed by atoms with Crippen LogP contribution in [0.15, 0.2) is 18.2 Å². The molecule has 1 aromatic rings. The summed E-state index contributed by atoms with van der Waals surface area (Å²) in [7, 11) is -0.667. The highest BCUT2D eigenvalue weighted by molar-refractivity contribution is 6.62. The molecule has 0 saturated carbocycles. The summed E-state index contributed by atoms with van der Waals surface area (Å²) in [4.78, 5) is 13.9. The van der Waals surface area contributed by atoms with E-state index in [1.54, 1.807) is 11.0 Å². The Morgan fingerprint density at radius 1 is 1.21 bits per heavy atom. The second kappa shape index (κ2) is 7.47. The van der Waals surface area contributed by atoms with E-state index in [-0.39, 0.29) is 18.7 Å². The van der Waals surface area contributed by atoms with E-state index in [2.05, 4.69) is 0 Å². The lowest BCUT2D eigenvalue weighted by Crippen LogP contribution is -2.55. The molecule has 0 aromatic heterocycles. The zero-order chi connectivity index (χ0) is 21.6. The zero-order valence-corrected chi connectivity index (χ0v) is 18.4. The van der Waals surface area contributed by atoms with Gasteiger partial charge in [0.25, 0.3) is 0 Å². The fourth-order valence-corrected chi connectivity index (χ4v) is 3.15.